The third kappa shape index (κ3) is 3.68. The Morgan fingerprint density at radius 3 is 2.48 bits per heavy atom. The Bertz CT molecular complexity index is 644. The Morgan fingerprint density at radius 1 is 1.24 bits per heavy atom. The number of nitrogens with one attached hydrogen (secondary N) is 1. The second kappa shape index (κ2) is 6.07. The van der Waals surface area contributed by atoms with Gasteiger partial charge >= 0.3 is 6.18 Å². The van der Waals surface area contributed by atoms with Crippen molar-refractivity contribution in [2.45, 2.75) is 26.1 Å². The molecule has 0 radical (unpaired) electrons. The van der Waals surface area contributed by atoms with E-state index in [1.54, 1.807) is 12.1 Å². The standard InChI is InChI=1S/C14H15F3N2O2/c1-10-12(14(15,16)17)18-19(13(10)20)8-5-9-21-11-6-3-2-4-7-11/h2-4,6-7,18H,5,8-9H2,1H3. The third-order valence-corrected chi connectivity index (χ3v) is 3.01. The molecule has 0 fully saturated rings. The monoisotopic (exact) mass is 300 g/mol. The first kappa shape index (κ1) is 15.2. The minimum atomic E-state index is -4.55. The summed E-state index contributed by atoms with van der Waals surface area (Å²) in [7, 11) is 0. The van der Waals surface area contributed by atoms with E-state index in [9.17, 15) is 18.0 Å². The molecule has 4 nitrogen and oxygen atoms in total. The van der Waals surface area contributed by atoms with Gasteiger partial charge < -0.3 is 4.74 Å². The summed E-state index contributed by atoms with van der Waals surface area (Å²) in [6.45, 7) is 1.62. The molecule has 0 spiro atoms. The molecule has 2 rings (SSSR count). The van der Waals surface area contributed by atoms with Gasteiger partial charge in [-0.15, -0.1) is 0 Å². The molecule has 0 aliphatic heterocycles. The van der Waals surface area contributed by atoms with Gasteiger partial charge in [0.15, 0.2) is 0 Å². The summed E-state index contributed by atoms with van der Waals surface area (Å²) in [5.74, 6) is 0.684. The summed E-state index contributed by atoms with van der Waals surface area (Å²) in [4.78, 5) is 11.7. The molecule has 0 unspecified atom stereocenters. The Hall–Kier alpha value is -2.18. The van der Waals surface area contributed by atoms with Crippen molar-refractivity contribution in [1.82, 2.24) is 9.78 Å². The van der Waals surface area contributed by atoms with Crippen molar-refractivity contribution in [3.8, 4) is 5.75 Å². The highest BCUT2D eigenvalue weighted by Crippen LogP contribution is 2.28. The van der Waals surface area contributed by atoms with Crippen LogP contribution in [0.15, 0.2) is 35.1 Å². The smallest absolute Gasteiger partial charge is 0.433 e. The molecule has 0 saturated carbocycles. The highest BCUT2D eigenvalue weighted by molar-refractivity contribution is 5.21. The molecule has 1 aromatic heterocycles. The number of alkyl halides is 3. The summed E-state index contributed by atoms with van der Waals surface area (Å²) < 4.78 is 44.3. The topological polar surface area (TPSA) is 47.0 Å². The first-order valence-electron chi connectivity index (χ1n) is 6.44. The van der Waals surface area contributed by atoms with Crippen LogP contribution >= 0.6 is 0 Å². The molecule has 0 amide bonds. The molecule has 2 aromatic rings. The van der Waals surface area contributed by atoms with E-state index in [0.717, 1.165) is 4.68 Å². The van der Waals surface area contributed by atoms with Gasteiger partial charge in [0.2, 0.25) is 0 Å². The fourth-order valence-electron chi connectivity index (χ4n) is 1.94. The maximum atomic E-state index is 12.6. The number of aryl methyl sites for hydroxylation is 1. The highest BCUT2D eigenvalue weighted by atomic mass is 19.4. The number of H-pyrrole nitrogens is 1. The van der Waals surface area contributed by atoms with Crippen molar-refractivity contribution in [3.05, 3.63) is 51.9 Å². The molecule has 21 heavy (non-hydrogen) atoms. The zero-order chi connectivity index (χ0) is 15.5. The van der Waals surface area contributed by atoms with Gasteiger partial charge in [-0.25, -0.2) is 0 Å². The van der Waals surface area contributed by atoms with E-state index in [2.05, 4.69) is 5.10 Å². The number of benzene rings is 1. The number of para-hydroxylation sites is 1. The number of nitrogens with zero attached hydrogens (tertiary/aromatic N) is 1. The van der Waals surface area contributed by atoms with Crippen LogP contribution in [0.3, 0.4) is 0 Å². The number of rotatable bonds is 5. The SMILES string of the molecule is Cc1c(C(F)(F)F)[nH]n(CCCOc2ccccc2)c1=O. The third-order valence-electron chi connectivity index (χ3n) is 3.01. The first-order valence-corrected chi connectivity index (χ1v) is 6.44. The zero-order valence-electron chi connectivity index (χ0n) is 11.4. The lowest BCUT2D eigenvalue weighted by molar-refractivity contribution is -0.141. The van der Waals surface area contributed by atoms with Gasteiger partial charge in [0, 0.05) is 18.5 Å². The lowest BCUT2D eigenvalue weighted by Gasteiger charge is -2.06. The maximum absolute atomic E-state index is 12.6. The van der Waals surface area contributed by atoms with Gasteiger partial charge in [0.1, 0.15) is 11.4 Å². The van der Waals surface area contributed by atoms with Crippen LogP contribution in [0.4, 0.5) is 13.2 Å². The fraction of sp³-hybridized carbons (Fsp3) is 0.357. The summed E-state index contributed by atoms with van der Waals surface area (Å²) in [5, 5.41) is 2.11. The van der Waals surface area contributed by atoms with Crippen molar-refractivity contribution >= 4 is 0 Å². The van der Waals surface area contributed by atoms with Crippen LogP contribution < -0.4 is 10.3 Å². The van der Waals surface area contributed by atoms with Crippen LogP contribution in [0.5, 0.6) is 5.75 Å². The molecule has 0 atom stereocenters. The van der Waals surface area contributed by atoms with Gasteiger partial charge in [0.25, 0.3) is 5.56 Å². The van der Waals surface area contributed by atoms with E-state index in [0.29, 0.717) is 18.8 Å². The summed E-state index contributed by atoms with van der Waals surface area (Å²) in [6, 6.07) is 9.07. The van der Waals surface area contributed by atoms with Crippen LogP contribution in [-0.2, 0) is 12.7 Å². The molecule has 0 aliphatic rings. The number of ether oxygens (including phenoxy) is 1. The van der Waals surface area contributed by atoms with Crippen molar-refractivity contribution < 1.29 is 17.9 Å². The highest BCUT2D eigenvalue weighted by Gasteiger charge is 2.36. The van der Waals surface area contributed by atoms with Crippen LogP contribution in [-0.4, -0.2) is 16.4 Å². The minimum absolute atomic E-state index is 0.141. The number of hydrogen-bond acceptors (Lipinski definition) is 2. The second-order valence-corrected chi connectivity index (χ2v) is 4.58. The molecule has 0 aliphatic carbocycles. The second-order valence-electron chi connectivity index (χ2n) is 4.58. The normalized spacial score (nSPS) is 11.6. The fourth-order valence-corrected chi connectivity index (χ4v) is 1.94. The minimum Gasteiger partial charge on any atom is -0.494 e. The van der Waals surface area contributed by atoms with Gasteiger partial charge in [-0.3, -0.25) is 14.6 Å². The Morgan fingerprint density at radius 2 is 1.90 bits per heavy atom. The summed E-state index contributed by atoms with van der Waals surface area (Å²) in [5.41, 5.74) is -1.95. The molecule has 1 heterocycles. The summed E-state index contributed by atoms with van der Waals surface area (Å²) >= 11 is 0. The molecular weight excluding hydrogens is 285 g/mol. The molecule has 7 heteroatoms. The lowest BCUT2D eigenvalue weighted by Crippen LogP contribution is -2.19. The average molecular weight is 300 g/mol. The molecule has 1 N–H and O–H groups in total. The van der Waals surface area contributed by atoms with Gasteiger partial charge in [-0.1, -0.05) is 18.2 Å². The van der Waals surface area contributed by atoms with Crippen molar-refractivity contribution in [2.24, 2.45) is 0 Å². The molecule has 1 aromatic carbocycles. The largest absolute Gasteiger partial charge is 0.494 e. The van der Waals surface area contributed by atoms with Crippen molar-refractivity contribution in [3.63, 3.8) is 0 Å². The lowest BCUT2D eigenvalue weighted by atomic mass is 10.3. The van der Waals surface area contributed by atoms with E-state index in [1.165, 1.54) is 6.92 Å². The Balaban J connectivity index is 1.94. The van der Waals surface area contributed by atoms with E-state index < -0.39 is 17.4 Å². The maximum Gasteiger partial charge on any atom is 0.433 e. The number of aromatic amines is 1. The number of halogens is 3. The Labute approximate surface area is 119 Å². The van der Waals surface area contributed by atoms with Gasteiger partial charge in [-0.05, 0) is 19.1 Å². The van der Waals surface area contributed by atoms with E-state index in [1.807, 2.05) is 18.2 Å². The Kier molecular flexibility index (Phi) is 4.40. The molecule has 114 valence electrons. The van der Waals surface area contributed by atoms with Crippen molar-refractivity contribution in [1.29, 1.82) is 0 Å². The van der Waals surface area contributed by atoms with Crippen LogP contribution in [0.1, 0.15) is 17.7 Å². The predicted molar refractivity (Wildman–Crippen MR) is 71.3 cm³/mol. The summed E-state index contributed by atoms with van der Waals surface area (Å²) in [6.07, 6.45) is -4.12. The van der Waals surface area contributed by atoms with Crippen LogP contribution in [0.25, 0.3) is 0 Å². The van der Waals surface area contributed by atoms with E-state index >= 15 is 0 Å². The van der Waals surface area contributed by atoms with Crippen LogP contribution in [0, 0.1) is 6.92 Å². The number of hydrogen-bond donors (Lipinski definition) is 1. The molecule has 0 bridgehead atoms. The number of aromatic nitrogens is 2. The predicted octanol–water partition coefficient (Wildman–Crippen LogP) is 2.97. The van der Waals surface area contributed by atoms with Crippen molar-refractivity contribution in [2.75, 3.05) is 6.61 Å². The first-order chi connectivity index (χ1) is 9.89. The van der Waals surface area contributed by atoms with Gasteiger partial charge in [0.05, 0.1) is 6.61 Å². The quantitative estimate of drug-likeness (QED) is 0.863. The van der Waals surface area contributed by atoms with E-state index in [4.69, 9.17) is 4.74 Å². The van der Waals surface area contributed by atoms with Gasteiger partial charge in [-0.2, -0.15) is 13.2 Å². The zero-order valence-corrected chi connectivity index (χ0v) is 11.4. The molecule has 0 saturated heterocycles. The van der Waals surface area contributed by atoms with E-state index in [-0.39, 0.29) is 12.1 Å². The average Bonchev–Trinajstić information content (AvgIpc) is 2.73. The molecular formula is C14H15F3N2O2. The van der Waals surface area contributed by atoms with Crippen LogP contribution in [0.2, 0.25) is 0 Å².